The highest BCUT2D eigenvalue weighted by atomic mass is 32.2. The molecule has 1 aliphatic heterocycles. The van der Waals surface area contributed by atoms with Crippen molar-refractivity contribution in [1.29, 1.82) is 0 Å². The molecule has 104 valence electrons. The molecule has 1 heterocycles. The first-order chi connectivity index (χ1) is 8.58. The summed E-state index contributed by atoms with van der Waals surface area (Å²) in [6.07, 6.45) is 4.18. The fourth-order valence-corrected chi connectivity index (χ4v) is 2.78. The van der Waals surface area contributed by atoms with Gasteiger partial charge in [0.15, 0.2) is 0 Å². The first-order valence-corrected chi connectivity index (χ1v) is 7.65. The molecule has 1 N–H and O–H groups in total. The molecule has 2 amide bonds. The van der Waals surface area contributed by atoms with Crippen LogP contribution in [0.4, 0.5) is 4.79 Å². The molecule has 0 aromatic heterocycles. The van der Waals surface area contributed by atoms with Crippen molar-refractivity contribution in [3.8, 4) is 0 Å². The van der Waals surface area contributed by atoms with Gasteiger partial charge in [-0.05, 0) is 26.0 Å². The third kappa shape index (κ3) is 4.40. The molecule has 18 heavy (non-hydrogen) atoms. The Morgan fingerprint density at radius 2 is 2.00 bits per heavy atom. The van der Waals surface area contributed by atoms with E-state index in [1.807, 2.05) is 23.6 Å². The van der Waals surface area contributed by atoms with Gasteiger partial charge in [0.25, 0.3) is 0 Å². The summed E-state index contributed by atoms with van der Waals surface area (Å²) < 4.78 is 0. The number of hydrogen-bond donors (Lipinski definition) is 1. The average Bonchev–Trinajstić information content (AvgIpc) is 2.39. The molecule has 0 radical (unpaired) electrons. The number of carbonyl (C=O) groups is 2. The van der Waals surface area contributed by atoms with E-state index < -0.39 is 5.97 Å². The molecule has 1 aliphatic rings. The molecule has 0 bridgehead atoms. The first kappa shape index (κ1) is 15.1. The third-order valence-corrected chi connectivity index (χ3v) is 4.43. The fourth-order valence-electron chi connectivity index (χ4n) is 2.10. The molecule has 0 aliphatic carbocycles. The molecule has 0 spiro atoms. The molecular formula is C12H22N2O3S. The lowest BCUT2D eigenvalue weighted by molar-refractivity contribution is -0.137. The summed E-state index contributed by atoms with van der Waals surface area (Å²) in [5.41, 5.74) is 0. The van der Waals surface area contributed by atoms with E-state index in [2.05, 4.69) is 6.26 Å². The Balaban J connectivity index is 2.44. The van der Waals surface area contributed by atoms with Crippen LogP contribution in [-0.4, -0.2) is 64.6 Å². The highest BCUT2D eigenvalue weighted by molar-refractivity contribution is 7.99. The van der Waals surface area contributed by atoms with Crippen molar-refractivity contribution in [2.75, 3.05) is 32.4 Å². The van der Waals surface area contributed by atoms with Gasteiger partial charge in [0, 0.05) is 31.4 Å². The lowest BCUT2D eigenvalue weighted by Crippen LogP contribution is -2.47. The van der Waals surface area contributed by atoms with Crippen molar-refractivity contribution in [2.45, 2.75) is 31.4 Å². The monoisotopic (exact) mass is 274 g/mol. The first-order valence-electron chi connectivity index (χ1n) is 6.37. The summed E-state index contributed by atoms with van der Waals surface area (Å²) in [6.45, 7) is 4.32. The number of likely N-dealkylation sites (tertiary alicyclic amines) is 1. The standard InChI is InChI=1S/C12H22N2O3S/c1-3-13(9-6-11(15)16)12(17)14-7-4-10(18-2)5-8-14/h10H,3-9H2,1-2H3,(H,15,16). The predicted octanol–water partition coefficient (Wildman–Crippen LogP) is 1.73. The second kappa shape index (κ2) is 7.51. The zero-order chi connectivity index (χ0) is 13.5. The zero-order valence-electron chi connectivity index (χ0n) is 11.1. The van der Waals surface area contributed by atoms with E-state index in [1.165, 1.54) is 0 Å². The summed E-state index contributed by atoms with van der Waals surface area (Å²) in [5, 5.41) is 9.32. The summed E-state index contributed by atoms with van der Waals surface area (Å²) >= 11 is 1.86. The molecule has 0 aromatic rings. The van der Waals surface area contributed by atoms with Crippen molar-refractivity contribution in [2.24, 2.45) is 0 Å². The maximum Gasteiger partial charge on any atom is 0.320 e. The fraction of sp³-hybridized carbons (Fsp3) is 0.833. The summed E-state index contributed by atoms with van der Waals surface area (Å²) in [4.78, 5) is 26.2. The van der Waals surface area contributed by atoms with Crippen LogP contribution in [0.5, 0.6) is 0 Å². The Morgan fingerprint density at radius 1 is 1.39 bits per heavy atom. The molecule has 0 atom stereocenters. The molecule has 0 saturated carbocycles. The second-order valence-electron chi connectivity index (χ2n) is 4.43. The van der Waals surface area contributed by atoms with Gasteiger partial charge in [-0.3, -0.25) is 4.79 Å². The predicted molar refractivity (Wildman–Crippen MR) is 73.0 cm³/mol. The van der Waals surface area contributed by atoms with Crippen molar-refractivity contribution in [1.82, 2.24) is 9.80 Å². The number of urea groups is 1. The lowest BCUT2D eigenvalue weighted by Gasteiger charge is -2.34. The molecule has 0 aromatic carbocycles. The quantitative estimate of drug-likeness (QED) is 0.829. The van der Waals surface area contributed by atoms with Crippen molar-refractivity contribution in [3.63, 3.8) is 0 Å². The maximum atomic E-state index is 12.2. The number of thioether (sulfide) groups is 1. The van der Waals surface area contributed by atoms with Crippen LogP contribution >= 0.6 is 11.8 Å². The van der Waals surface area contributed by atoms with Gasteiger partial charge in [0.1, 0.15) is 0 Å². The third-order valence-electron chi connectivity index (χ3n) is 3.29. The van der Waals surface area contributed by atoms with Crippen LogP contribution in [0.25, 0.3) is 0 Å². The topological polar surface area (TPSA) is 60.9 Å². The van der Waals surface area contributed by atoms with E-state index in [0.717, 1.165) is 25.9 Å². The van der Waals surface area contributed by atoms with E-state index in [1.54, 1.807) is 4.90 Å². The number of rotatable bonds is 5. The average molecular weight is 274 g/mol. The SMILES string of the molecule is CCN(CCC(=O)O)C(=O)N1CCC(SC)CC1. The minimum absolute atomic E-state index is 0.0147. The lowest BCUT2D eigenvalue weighted by atomic mass is 10.1. The number of nitrogens with zero attached hydrogens (tertiary/aromatic N) is 2. The van der Waals surface area contributed by atoms with Crippen LogP contribution in [0.1, 0.15) is 26.2 Å². The van der Waals surface area contributed by atoms with E-state index in [-0.39, 0.29) is 12.5 Å². The van der Waals surface area contributed by atoms with Gasteiger partial charge in [0.05, 0.1) is 6.42 Å². The van der Waals surface area contributed by atoms with Crippen LogP contribution in [0.2, 0.25) is 0 Å². The number of carbonyl (C=O) groups excluding carboxylic acids is 1. The summed E-state index contributed by atoms with van der Waals surface area (Å²) in [7, 11) is 0. The summed E-state index contributed by atoms with van der Waals surface area (Å²) in [5.74, 6) is -0.859. The smallest absolute Gasteiger partial charge is 0.320 e. The minimum atomic E-state index is -0.859. The van der Waals surface area contributed by atoms with Crippen LogP contribution < -0.4 is 0 Å². The Hall–Kier alpha value is -0.910. The molecular weight excluding hydrogens is 252 g/mol. The Bertz CT molecular complexity index is 291. The van der Waals surface area contributed by atoms with Crippen molar-refractivity contribution in [3.05, 3.63) is 0 Å². The highest BCUT2D eigenvalue weighted by Gasteiger charge is 2.25. The van der Waals surface area contributed by atoms with Crippen LogP contribution in [0.15, 0.2) is 0 Å². The zero-order valence-corrected chi connectivity index (χ0v) is 11.9. The molecule has 1 rings (SSSR count). The highest BCUT2D eigenvalue weighted by Crippen LogP contribution is 2.21. The number of piperidine rings is 1. The number of aliphatic carboxylic acids is 1. The minimum Gasteiger partial charge on any atom is -0.481 e. The van der Waals surface area contributed by atoms with Crippen molar-refractivity contribution >= 4 is 23.8 Å². The number of amides is 2. The maximum absolute atomic E-state index is 12.2. The molecule has 1 saturated heterocycles. The Morgan fingerprint density at radius 3 is 2.44 bits per heavy atom. The largest absolute Gasteiger partial charge is 0.481 e. The Kier molecular flexibility index (Phi) is 6.32. The van der Waals surface area contributed by atoms with E-state index in [9.17, 15) is 9.59 Å². The molecule has 6 heteroatoms. The van der Waals surface area contributed by atoms with Gasteiger partial charge in [0.2, 0.25) is 0 Å². The molecule has 1 fully saturated rings. The van der Waals surface area contributed by atoms with Gasteiger partial charge < -0.3 is 14.9 Å². The van der Waals surface area contributed by atoms with E-state index >= 15 is 0 Å². The van der Waals surface area contributed by atoms with Crippen LogP contribution in [0, 0.1) is 0 Å². The van der Waals surface area contributed by atoms with Gasteiger partial charge in [-0.15, -0.1) is 0 Å². The van der Waals surface area contributed by atoms with Crippen molar-refractivity contribution < 1.29 is 14.7 Å². The molecule has 5 nitrogen and oxygen atoms in total. The number of hydrogen-bond acceptors (Lipinski definition) is 3. The van der Waals surface area contributed by atoms with Gasteiger partial charge in [-0.2, -0.15) is 11.8 Å². The van der Waals surface area contributed by atoms with Gasteiger partial charge in [-0.1, -0.05) is 0 Å². The van der Waals surface area contributed by atoms with Crippen LogP contribution in [-0.2, 0) is 4.79 Å². The normalized spacial score (nSPS) is 16.7. The van der Waals surface area contributed by atoms with E-state index in [0.29, 0.717) is 18.3 Å². The molecule has 0 unspecified atom stereocenters. The number of carboxylic acids is 1. The van der Waals surface area contributed by atoms with E-state index in [4.69, 9.17) is 5.11 Å². The Labute approximate surface area is 113 Å². The van der Waals surface area contributed by atoms with Gasteiger partial charge in [-0.25, -0.2) is 4.79 Å². The van der Waals surface area contributed by atoms with Gasteiger partial charge >= 0.3 is 12.0 Å². The van der Waals surface area contributed by atoms with Crippen LogP contribution in [0.3, 0.4) is 0 Å². The number of carboxylic acid groups (broad SMARTS) is 1. The second-order valence-corrected chi connectivity index (χ2v) is 5.57. The summed E-state index contributed by atoms with van der Waals surface area (Å²) in [6, 6.07) is -0.0155.